The van der Waals surface area contributed by atoms with E-state index in [1.807, 2.05) is 12.1 Å². The monoisotopic (exact) mass is 372 g/mol. The Labute approximate surface area is 157 Å². The molecule has 1 aromatic heterocycles. The van der Waals surface area contributed by atoms with Crippen LogP contribution in [0.5, 0.6) is 5.75 Å². The largest absolute Gasteiger partial charge is 0.490 e. The lowest BCUT2D eigenvalue weighted by atomic mass is 10.1. The molecule has 2 heterocycles. The molecular formula is C20H21ClN2O3. The summed E-state index contributed by atoms with van der Waals surface area (Å²) in [7, 11) is 0. The quantitative estimate of drug-likeness (QED) is 0.805. The van der Waals surface area contributed by atoms with Crippen molar-refractivity contribution < 1.29 is 14.3 Å². The molecular weight excluding hydrogens is 352 g/mol. The third-order valence-electron chi connectivity index (χ3n) is 4.30. The van der Waals surface area contributed by atoms with Gasteiger partial charge in [0.25, 0.3) is 5.91 Å². The van der Waals surface area contributed by atoms with E-state index < -0.39 is 0 Å². The van der Waals surface area contributed by atoms with Gasteiger partial charge < -0.3 is 9.64 Å². The predicted octanol–water partition coefficient (Wildman–Crippen LogP) is 3.55. The standard InChI is InChI=1S/C20H21ClN2O3/c1-14(24)13-16-3-2-4-19(22-16)20(25)23-11-9-18(10-12-23)26-17-7-5-15(21)6-8-17/h2-8,18H,9-13H2,1H3. The van der Waals surface area contributed by atoms with Gasteiger partial charge in [-0.1, -0.05) is 17.7 Å². The van der Waals surface area contributed by atoms with Crippen molar-refractivity contribution >= 4 is 23.3 Å². The number of ether oxygens (including phenoxy) is 1. The van der Waals surface area contributed by atoms with Crippen LogP contribution in [0.15, 0.2) is 42.5 Å². The first-order chi connectivity index (χ1) is 12.5. The zero-order chi connectivity index (χ0) is 18.5. The van der Waals surface area contributed by atoms with Gasteiger partial charge in [0, 0.05) is 43.1 Å². The lowest BCUT2D eigenvalue weighted by Gasteiger charge is -2.32. The second-order valence-corrected chi connectivity index (χ2v) is 6.89. The van der Waals surface area contributed by atoms with Crippen molar-refractivity contribution in [2.75, 3.05) is 13.1 Å². The number of carbonyl (C=O) groups excluding carboxylic acids is 2. The van der Waals surface area contributed by atoms with Crippen molar-refractivity contribution in [2.45, 2.75) is 32.3 Å². The van der Waals surface area contributed by atoms with E-state index in [1.165, 1.54) is 6.92 Å². The fourth-order valence-electron chi connectivity index (χ4n) is 3.00. The number of aromatic nitrogens is 1. The molecule has 0 radical (unpaired) electrons. The van der Waals surface area contributed by atoms with Gasteiger partial charge in [-0.05, 0) is 43.3 Å². The Bertz CT molecular complexity index is 784. The van der Waals surface area contributed by atoms with E-state index in [9.17, 15) is 9.59 Å². The molecule has 136 valence electrons. The zero-order valence-corrected chi connectivity index (χ0v) is 15.4. The molecule has 3 rings (SSSR count). The number of hydrogen-bond acceptors (Lipinski definition) is 4. The molecule has 0 unspecified atom stereocenters. The van der Waals surface area contributed by atoms with Crippen LogP contribution in [0.25, 0.3) is 0 Å². The van der Waals surface area contributed by atoms with E-state index in [0.29, 0.717) is 29.5 Å². The summed E-state index contributed by atoms with van der Waals surface area (Å²) >= 11 is 5.88. The molecule has 1 aliphatic rings. The fraction of sp³-hybridized carbons (Fsp3) is 0.350. The van der Waals surface area contributed by atoms with Gasteiger partial charge in [-0.15, -0.1) is 0 Å². The van der Waals surface area contributed by atoms with Crippen molar-refractivity contribution in [3.63, 3.8) is 0 Å². The fourth-order valence-corrected chi connectivity index (χ4v) is 3.12. The molecule has 6 heteroatoms. The average molecular weight is 373 g/mol. The maximum absolute atomic E-state index is 12.7. The van der Waals surface area contributed by atoms with Crippen LogP contribution in [-0.4, -0.2) is 40.8 Å². The number of carbonyl (C=O) groups is 2. The van der Waals surface area contributed by atoms with Crippen LogP contribution in [0.4, 0.5) is 0 Å². The molecule has 1 saturated heterocycles. The maximum Gasteiger partial charge on any atom is 0.272 e. The SMILES string of the molecule is CC(=O)Cc1cccc(C(=O)N2CCC(Oc3ccc(Cl)cc3)CC2)n1. The lowest BCUT2D eigenvalue weighted by molar-refractivity contribution is -0.116. The van der Waals surface area contributed by atoms with Gasteiger partial charge >= 0.3 is 0 Å². The van der Waals surface area contributed by atoms with Gasteiger partial charge in [-0.3, -0.25) is 9.59 Å². The maximum atomic E-state index is 12.7. The number of likely N-dealkylation sites (tertiary alicyclic amines) is 1. The first kappa shape index (κ1) is 18.4. The second-order valence-electron chi connectivity index (χ2n) is 6.46. The van der Waals surface area contributed by atoms with E-state index in [-0.39, 0.29) is 24.2 Å². The van der Waals surface area contributed by atoms with Gasteiger partial charge in [0.1, 0.15) is 23.3 Å². The van der Waals surface area contributed by atoms with Crippen LogP contribution >= 0.6 is 11.6 Å². The highest BCUT2D eigenvalue weighted by molar-refractivity contribution is 6.30. The first-order valence-electron chi connectivity index (χ1n) is 8.68. The van der Waals surface area contributed by atoms with Gasteiger partial charge in [0.2, 0.25) is 0 Å². The van der Waals surface area contributed by atoms with Crippen molar-refractivity contribution in [3.05, 3.63) is 58.9 Å². The van der Waals surface area contributed by atoms with E-state index in [4.69, 9.17) is 16.3 Å². The number of piperidine rings is 1. The van der Waals surface area contributed by atoms with Crippen LogP contribution in [0.1, 0.15) is 35.9 Å². The smallest absolute Gasteiger partial charge is 0.272 e. The Kier molecular flexibility index (Phi) is 5.89. The van der Waals surface area contributed by atoms with Gasteiger partial charge in [0.15, 0.2) is 0 Å². The number of benzene rings is 1. The molecule has 1 aromatic carbocycles. The molecule has 0 saturated carbocycles. The Hall–Kier alpha value is -2.40. The molecule has 0 spiro atoms. The Balaban J connectivity index is 1.56. The van der Waals surface area contributed by atoms with Crippen LogP contribution in [0.2, 0.25) is 5.02 Å². The summed E-state index contributed by atoms with van der Waals surface area (Å²) in [6, 6.07) is 12.5. The Morgan fingerprint density at radius 3 is 2.50 bits per heavy atom. The van der Waals surface area contributed by atoms with Crippen LogP contribution in [-0.2, 0) is 11.2 Å². The normalized spacial score (nSPS) is 14.9. The number of rotatable bonds is 5. The number of pyridine rings is 1. The molecule has 0 bridgehead atoms. The van der Waals surface area contributed by atoms with Gasteiger partial charge in [-0.2, -0.15) is 0 Å². The van der Waals surface area contributed by atoms with Crippen LogP contribution in [0.3, 0.4) is 0 Å². The van der Waals surface area contributed by atoms with Crippen molar-refractivity contribution in [1.29, 1.82) is 0 Å². The summed E-state index contributed by atoms with van der Waals surface area (Å²) < 4.78 is 5.96. The highest BCUT2D eigenvalue weighted by Gasteiger charge is 2.25. The molecule has 1 amide bonds. The highest BCUT2D eigenvalue weighted by atomic mass is 35.5. The number of hydrogen-bond donors (Lipinski definition) is 0. The summed E-state index contributed by atoms with van der Waals surface area (Å²) in [6.07, 6.45) is 1.86. The molecule has 0 N–H and O–H groups in total. The number of halogens is 1. The molecule has 1 aliphatic heterocycles. The van der Waals surface area contributed by atoms with E-state index in [0.717, 1.165) is 18.6 Å². The summed E-state index contributed by atoms with van der Waals surface area (Å²) in [4.78, 5) is 30.0. The van der Waals surface area contributed by atoms with Crippen molar-refractivity contribution in [2.24, 2.45) is 0 Å². The third-order valence-corrected chi connectivity index (χ3v) is 4.55. The molecule has 26 heavy (non-hydrogen) atoms. The Morgan fingerprint density at radius 2 is 1.85 bits per heavy atom. The van der Waals surface area contributed by atoms with E-state index in [2.05, 4.69) is 4.98 Å². The molecule has 2 aromatic rings. The topological polar surface area (TPSA) is 59.5 Å². The summed E-state index contributed by atoms with van der Waals surface area (Å²) in [5.74, 6) is 0.723. The van der Waals surface area contributed by atoms with E-state index >= 15 is 0 Å². The van der Waals surface area contributed by atoms with Gasteiger partial charge in [0.05, 0.1) is 0 Å². The minimum absolute atomic E-state index is 0.0299. The van der Waals surface area contributed by atoms with Crippen molar-refractivity contribution in [1.82, 2.24) is 9.88 Å². The average Bonchev–Trinajstić information content (AvgIpc) is 2.63. The number of ketones is 1. The molecule has 0 atom stereocenters. The van der Waals surface area contributed by atoms with Crippen LogP contribution < -0.4 is 4.74 Å². The second kappa shape index (κ2) is 8.32. The molecule has 1 fully saturated rings. The summed E-state index contributed by atoms with van der Waals surface area (Å²) in [5, 5.41) is 0.678. The van der Waals surface area contributed by atoms with Crippen molar-refractivity contribution in [3.8, 4) is 5.75 Å². The lowest BCUT2D eigenvalue weighted by Crippen LogP contribution is -2.42. The summed E-state index contributed by atoms with van der Waals surface area (Å²) in [5.41, 5.74) is 1.02. The minimum atomic E-state index is -0.0969. The first-order valence-corrected chi connectivity index (χ1v) is 9.06. The number of Topliss-reactive ketones (excluding diaryl/α,β-unsaturated/α-hetero) is 1. The van der Waals surface area contributed by atoms with Crippen LogP contribution in [0, 0.1) is 0 Å². The number of amides is 1. The minimum Gasteiger partial charge on any atom is -0.490 e. The third kappa shape index (κ3) is 4.82. The van der Waals surface area contributed by atoms with Gasteiger partial charge in [-0.25, -0.2) is 4.98 Å². The highest BCUT2D eigenvalue weighted by Crippen LogP contribution is 2.21. The van der Waals surface area contributed by atoms with E-state index in [1.54, 1.807) is 35.2 Å². The number of nitrogens with zero attached hydrogens (tertiary/aromatic N) is 2. The zero-order valence-electron chi connectivity index (χ0n) is 14.7. The predicted molar refractivity (Wildman–Crippen MR) is 99.6 cm³/mol. The molecule has 0 aliphatic carbocycles. The summed E-state index contributed by atoms with van der Waals surface area (Å²) in [6.45, 7) is 2.76. The Morgan fingerprint density at radius 1 is 1.15 bits per heavy atom. The molecule has 5 nitrogen and oxygen atoms in total.